The molecule has 1 heterocycles. The van der Waals surface area contributed by atoms with E-state index in [0.29, 0.717) is 29.5 Å². The summed E-state index contributed by atoms with van der Waals surface area (Å²) in [5.74, 6) is -1.11. The highest BCUT2D eigenvalue weighted by Gasteiger charge is 2.38. The molecule has 0 amide bonds. The third kappa shape index (κ3) is 2.74. The minimum atomic E-state index is -0.539. The molecule has 1 aromatic heterocycles. The number of hydrogen-bond acceptors (Lipinski definition) is 3. The summed E-state index contributed by atoms with van der Waals surface area (Å²) in [6.45, 7) is 4.02. The van der Waals surface area contributed by atoms with Crippen molar-refractivity contribution in [3.63, 3.8) is 0 Å². The van der Waals surface area contributed by atoms with Crippen LogP contribution >= 0.6 is 23.2 Å². The Morgan fingerprint density at radius 3 is 2.81 bits per heavy atom. The number of halogens is 2. The first-order valence-electron chi connectivity index (χ1n) is 6.74. The van der Waals surface area contributed by atoms with Gasteiger partial charge in [-0.1, -0.05) is 0 Å². The number of nitrogens with one attached hydrogen (secondary N) is 1. The van der Waals surface area contributed by atoms with Gasteiger partial charge in [0, 0.05) is 22.2 Å². The average Bonchev–Trinajstić information content (AvgIpc) is 2.76. The van der Waals surface area contributed by atoms with Crippen LogP contribution in [0.15, 0.2) is 27.4 Å². The molecule has 1 aromatic carbocycles. The van der Waals surface area contributed by atoms with Gasteiger partial charge < -0.3 is 4.42 Å². The van der Waals surface area contributed by atoms with Gasteiger partial charge in [-0.25, -0.2) is 4.79 Å². The van der Waals surface area contributed by atoms with Crippen molar-refractivity contribution in [2.24, 2.45) is 11.8 Å². The van der Waals surface area contributed by atoms with E-state index in [0.717, 1.165) is 0 Å². The van der Waals surface area contributed by atoms with E-state index >= 15 is 0 Å². The smallest absolute Gasteiger partial charge is 0.408 e. The highest BCUT2D eigenvalue weighted by molar-refractivity contribution is 6.25. The summed E-state index contributed by atoms with van der Waals surface area (Å²) in [5.41, 5.74) is 1.40. The summed E-state index contributed by atoms with van der Waals surface area (Å²) < 4.78 is 4.98. The number of alkyl halides is 2. The van der Waals surface area contributed by atoms with Gasteiger partial charge >= 0.3 is 5.76 Å². The molecule has 0 spiro atoms. The second kappa shape index (κ2) is 5.50. The van der Waals surface area contributed by atoms with E-state index in [2.05, 4.69) is 11.9 Å². The van der Waals surface area contributed by atoms with Crippen molar-refractivity contribution in [3.05, 3.63) is 41.2 Å². The van der Waals surface area contributed by atoms with E-state index in [1.165, 1.54) is 0 Å². The van der Waals surface area contributed by atoms with Gasteiger partial charge in [-0.15, -0.1) is 23.2 Å². The Bertz CT molecular complexity index is 724. The summed E-state index contributed by atoms with van der Waals surface area (Å²) in [6, 6.07) is 4.89. The number of Topliss-reactive ketones (excluding diaryl/α,β-unsaturated/α-hetero) is 1. The van der Waals surface area contributed by atoms with Gasteiger partial charge in [-0.3, -0.25) is 9.78 Å². The highest BCUT2D eigenvalue weighted by atomic mass is 35.5. The largest absolute Gasteiger partial charge is 0.417 e. The molecule has 2 unspecified atom stereocenters. The zero-order valence-corrected chi connectivity index (χ0v) is 12.7. The summed E-state index contributed by atoms with van der Waals surface area (Å²) in [5, 5.41) is -0.366. The number of benzene rings is 1. The monoisotopic (exact) mass is 326 g/mol. The van der Waals surface area contributed by atoms with Gasteiger partial charge in [-0.05, 0) is 43.9 Å². The van der Waals surface area contributed by atoms with Crippen LogP contribution in [0.3, 0.4) is 0 Å². The van der Waals surface area contributed by atoms with Crippen molar-refractivity contribution in [3.8, 4) is 0 Å². The Balaban J connectivity index is 1.93. The molecule has 3 rings (SSSR count). The molecular weight excluding hydrogens is 313 g/mol. The Kier molecular flexibility index (Phi) is 3.84. The molecule has 0 bridgehead atoms. The normalized spacial score (nSPS) is 29.7. The number of carbonyl (C=O) groups is 1. The topological polar surface area (TPSA) is 63.1 Å². The number of fused-ring (bicyclic) bond motifs is 1. The minimum absolute atomic E-state index is 0.0378. The first-order chi connectivity index (χ1) is 9.95. The number of carbonyl (C=O) groups excluding carboxylic acids is 1. The number of oxazole rings is 1. The van der Waals surface area contributed by atoms with Crippen LogP contribution in [0.2, 0.25) is 0 Å². The van der Waals surface area contributed by atoms with Crippen LogP contribution in [-0.4, -0.2) is 21.5 Å². The average molecular weight is 327 g/mol. The van der Waals surface area contributed by atoms with E-state index in [1.54, 1.807) is 18.2 Å². The van der Waals surface area contributed by atoms with Crippen LogP contribution in [0.4, 0.5) is 0 Å². The molecule has 0 aliphatic heterocycles. The van der Waals surface area contributed by atoms with Gasteiger partial charge in [0.1, 0.15) is 0 Å². The van der Waals surface area contributed by atoms with Crippen LogP contribution in [0.25, 0.3) is 11.1 Å². The zero-order valence-electron chi connectivity index (χ0n) is 11.1. The van der Waals surface area contributed by atoms with Crippen LogP contribution < -0.4 is 5.76 Å². The standard InChI is InChI=1S/C15H14Cl2NO3/c1-7-4-9(16)6-10(17)13(7)14(19)8-2-3-11-12(5-8)21-15(20)18-11/h2-3,5,7,9-10,13H,1,4,6H2,(H,18,20)/t7-,9?,10?,13+/m1/s1. The van der Waals surface area contributed by atoms with Gasteiger partial charge in [0.15, 0.2) is 11.4 Å². The van der Waals surface area contributed by atoms with E-state index in [9.17, 15) is 9.59 Å². The first-order valence-corrected chi connectivity index (χ1v) is 7.61. The predicted octanol–water partition coefficient (Wildman–Crippen LogP) is 3.38. The quantitative estimate of drug-likeness (QED) is 0.679. The van der Waals surface area contributed by atoms with Crippen LogP contribution in [-0.2, 0) is 0 Å². The lowest BCUT2D eigenvalue weighted by atomic mass is 9.76. The van der Waals surface area contributed by atoms with Crippen molar-refractivity contribution < 1.29 is 9.21 Å². The molecule has 4 atom stereocenters. The summed E-state index contributed by atoms with van der Waals surface area (Å²) in [6.07, 6.45) is 1.26. The Morgan fingerprint density at radius 1 is 1.33 bits per heavy atom. The lowest BCUT2D eigenvalue weighted by molar-refractivity contribution is 0.0859. The number of hydrogen-bond donors (Lipinski definition) is 1. The van der Waals surface area contributed by atoms with Crippen LogP contribution in [0.1, 0.15) is 23.2 Å². The molecule has 111 valence electrons. The third-order valence-electron chi connectivity index (χ3n) is 3.95. The van der Waals surface area contributed by atoms with E-state index in [1.807, 2.05) is 0 Å². The first kappa shape index (κ1) is 14.7. The van der Waals surface area contributed by atoms with Crippen molar-refractivity contribution in [1.82, 2.24) is 4.98 Å². The highest BCUT2D eigenvalue weighted by Crippen LogP contribution is 2.38. The number of aromatic nitrogens is 1. The SMILES string of the molecule is [CH2][C@@H]1CC(Cl)CC(Cl)[C@H]1C(=O)c1ccc2[nH]c(=O)oc2c1. The maximum atomic E-state index is 12.7. The summed E-state index contributed by atoms with van der Waals surface area (Å²) in [7, 11) is 0. The summed E-state index contributed by atoms with van der Waals surface area (Å²) in [4.78, 5) is 26.4. The molecule has 1 radical (unpaired) electrons. The maximum Gasteiger partial charge on any atom is 0.417 e. The van der Waals surface area contributed by atoms with Crippen molar-refractivity contribution in [1.29, 1.82) is 0 Å². The van der Waals surface area contributed by atoms with Crippen molar-refractivity contribution in [2.75, 3.05) is 0 Å². The van der Waals surface area contributed by atoms with Gasteiger partial charge in [0.05, 0.1) is 5.52 Å². The zero-order chi connectivity index (χ0) is 15.1. The van der Waals surface area contributed by atoms with E-state index in [4.69, 9.17) is 27.6 Å². The Labute approximate surface area is 131 Å². The Morgan fingerprint density at radius 2 is 2.10 bits per heavy atom. The predicted molar refractivity (Wildman–Crippen MR) is 82.0 cm³/mol. The fourth-order valence-electron chi connectivity index (χ4n) is 2.93. The second-order valence-corrected chi connectivity index (χ2v) is 6.64. The fourth-order valence-corrected chi connectivity index (χ4v) is 3.97. The number of ketones is 1. The molecule has 2 aromatic rings. The fraction of sp³-hybridized carbons (Fsp3) is 0.400. The van der Waals surface area contributed by atoms with Gasteiger partial charge in [-0.2, -0.15) is 0 Å². The van der Waals surface area contributed by atoms with Gasteiger partial charge in [0.2, 0.25) is 0 Å². The number of rotatable bonds is 2. The molecule has 1 saturated carbocycles. The molecule has 0 saturated heterocycles. The van der Waals surface area contributed by atoms with E-state index < -0.39 is 5.76 Å². The molecule has 6 heteroatoms. The van der Waals surface area contributed by atoms with Crippen LogP contribution in [0, 0.1) is 18.8 Å². The molecule has 1 aliphatic carbocycles. The molecule has 1 aliphatic rings. The van der Waals surface area contributed by atoms with Crippen molar-refractivity contribution in [2.45, 2.75) is 23.6 Å². The van der Waals surface area contributed by atoms with Gasteiger partial charge in [0.25, 0.3) is 0 Å². The third-order valence-corrected chi connectivity index (χ3v) is 4.75. The summed E-state index contributed by atoms with van der Waals surface area (Å²) >= 11 is 12.4. The molecular formula is C15H14Cl2NO3. The van der Waals surface area contributed by atoms with E-state index in [-0.39, 0.29) is 28.4 Å². The second-order valence-electron chi connectivity index (χ2n) is 5.46. The minimum Gasteiger partial charge on any atom is -0.408 e. The lowest BCUT2D eigenvalue weighted by Crippen LogP contribution is -2.38. The van der Waals surface area contributed by atoms with Crippen LogP contribution in [0.5, 0.6) is 0 Å². The number of H-pyrrole nitrogens is 1. The Hall–Kier alpha value is -1.26. The molecule has 21 heavy (non-hydrogen) atoms. The molecule has 1 N–H and O–H groups in total. The molecule has 4 nitrogen and oxygen atoms in total. The number of aromatic amines is 1. The molecule has 1 fully saturated rings. The van der Waals surface area contributed by atoms with Crippen molar-refractivity contribution >= 4 is 40.1 Å². The maximum absolute atomic E-state index is 12.7. The lowest BCUT2D eigenvalue weighted by Gasteiger charge is -2.34.